The second-order valence-corrected chi connectivity index (χ2v) is 15.9. The molecule has 2 aromatic carbocycles. The Labute approximate surface area is 314 Å². The molecule has 0 aromatic heterocycles. The molecule has 5 aliphatic rings. The number of carbonyl (C=O) groups is 4. The van der Waals surface area contributed by atoms with E-state index in [1.807, 2.05) is 19.1 Å². The Morgan fingerprint density at radius 3 is 2.09 bits per heavy atom. The summed E-state index contributed by atoms with van der Waals surface area (Å²) in [6, 6.07) is 15.6. The minimum Gasteiger partial charge on any atom is -0.497 e. The second-order valence-electron chi connectivity index (χ2n) is 15.9. The fraction of sp³-hybridized carbons (Fsp3) is 0.561. The molecule has 0 amide bonds. The molecule has 2 heterocycles. The lowest BCUT2D eigenvalue weighted by atomic mass is 9.49. The maximum atomic E-state index is 14.4. The minimum absolute atomic E-state index is 0.0518. The molecule has 4 fully saturated rings. The van der Waals surface area contributed by atoms with Crippen LogP contribution >= 0.6 is 0 Å². The highest BCUT2D eigenvalue weighted by Crippen LogP contribution is 2.70. The summed E-state index contributed by atoms with van der Waals surface area (Å²) in [6.07, 6.45) is -6.71. The number of esters is 4. The van der Waals surface area contributed by atoms with Gasteiger partial charge in [-0.1, -0.05) is 37.3 Å². The highest BCUT2D eigenvalue weighted by molar-refractivity contribution is 5.89. The number of fused-ring (bicyclic) bond motifs is 3. The first-order valence-electron chi connectivity index (χ1n) is 18.3. The molecular formula is C41H48O13. The Morgan fingerprint density at radius 1 is 0.870 bits per heavy atom. The molecule has 7 rings (SSSR count). The predicted molar refractivity (Wildman–Crippen MR) is 189 cm³/mol. The lowest BCUT2D eigenvalue weighted by molar-refractivity contribution is -0.401. The summed E-state index contributed by atoms with van der Waals surface area (Å²) in [6.45, 7) is 10.7. The van der Waals surface area contributed by atoms with Crippen molar-refractivity contribution in [1.29, 1.82) is 0 Å². The molecule has 290 valence electrons. The van der Waals surface area contributed by atoms with E-state index in [0.717, 1.165) is 0 Å². The molecule has 3 aliphatic carbocycles. The van der Waals surface area contributed by atoms with Crippen LogP contribution in [-0.4, -0.2) is 90.5 Å². The Bertz CT molecular complexity index is 1850. The average molecular weight is 749 g/mol. The zero-order valence-electron chi connectivity index (χ0n) is 31.8. The first kappa shape index (κ1) is 38.0. The van der Waals surface area contributed by atoms with Crippen molar-refractivity contribution in [3.63, 3.8) is 0 Å². The van der Waals surface area contributed by atoms with E-state index in [1.165, 1.54) is 20.8 Å². The third-order valence-corrected chi connectivity index (χ3v) is 12.4. The van der Waals surface area contributed by atoms with Crippen molar-refractivity contribution in [2.24, 2.45) is 16.7 Å². The fourth-order valence-electron chi connectivity index (χ4n) is 10.2. The van der Waals surface area contributed by atoms with Crippen LogP contribution in [0.2, 0.25) is 0 Å². The molecule has 11 atom stereocenters. The van der Waals surface area contributed by atoms with E-state index in [-0.39, 0.29) is 25.0 Å². The van der Waals surface area contributed by atoms with Gasteiger partial charge in [-0.05, 0) is 56.2 Å². The zero-order chi connectivity index (χ0) is 39.0. The lowest BCUT2D eigenvalue weighted by Crippen LogP contribution is -2.80. The average Bonchev–Trinajstić information content (AvgIpc) is 3.36. The van der Waals surface area contributed by atoms with Gasteiger partial charge in [-0.3, -0.25) is 14.4 Å². The number of rotatable bonds is 8. The maximum Gasteiger partial charge on any atom is 0.338 e. The van der Waals surface area contributed by atoms with E-state index in [9.17, 15) is 24.3 Å². The summed E-state index contributed by atoms with van der Waals surface area (Å²) in [5, 5.41) is 12.7. The number of benzene rings is 2. The monoisotopic (exact) mass is 748 g/mol. The highest BCUT2D eigenvalue weighted by atomic mass is 16.7. The minimum atomic E-state index is -1.76. The van der Waals surface area contributed by atoms with E-state index in [0.29, 0.717) is 22.5 Å². The number of aliphatic hydroxyl groups is 1. The molecule has 11 unspecified atom stereocenters. The van der Waals surface area contributed by atoms with Gasteiger partial charge in [0.1, 0.15) is 30.2 Å². The van der Waals surface area contributed by atoms with E-state index in [1.54, 1.807) is 70.3 Å². The number of methoxy groups -OCH3 is 1. The van der Waals surface area contributed by atoms with Crippen LogP contribution in [0.1, 0.15) is 83.5 Å². The Morgan fingerprint density at radius 2 is 1.54 bits per heavy atom. The van der Waals surface area contributed by atoms with Crippen LogP contribution in [0, 0.1) is 16.7 Å². The molecule has 2 aliphatic heterocycles. The molecule has 0 radical (unpaired) electrons. The van der Waals surface area contributed by atoms with Crippen molar-refractivity contribution in [2.75, 3.05) is 13.7 Å². The van der Waals surface area contributed by atoms with Gasteiger partial charge in [0.25, 0.3) is 0 Å². The summed E-state index contributed by atoms with van der Waals surface area (Å²) in [7, 11) is 1.57. The van der Waals surface area contributed by atoms with Gasteiger partial charge >= 0.3 is 23.9 Å². The van der Waals surface area contributed by atoms with Crippen LogP contribution < -0.4 is 4.74 Å². The van der Waals surface area contributed by atoms with Crippen LogP contribution in [0.3, 0.4) is 0 Å². The van der Waals surface area contributed by atoms with E-state index in [2.05, 4.69) is 0 Å². The smallest absolute Gasteiger partial charge is 0.338 e. The molecule has 13 heteroatoms. The second kappa shape index (κ2) is 13.5. The summed E-state index contributed by atoms with van der Waals surface area (Å²) < 4.78 is 50.9. The van der Waals surface area contributed by atoms with Gasteiger partial charge in [0.2, 0.25) is 0 Å². The summed E-state index contributed by atoms with van der Waals surface area (Å²) in [5.41, 5.74) is -4.23. The molecule has 2 saturated carbocycles. The van der Waals surface area contributed by atoms with E-state index < -0.39 is 94.7 Å². The third-order valence-electron chi connectivity index (χ3n) is 12.4. The number of hydrogen-bond acceptors (Lipinski definition) is 13. The van der Waals surface area contributed by atoms with Gasteiger partial charge in [0.05, 0.1) is 42.3 Å². The fourth-order valence-corrected chi connectivity index (χ4v) is 10.2. The standard InChI is InChI=1S/C41H48O13/c1-21-28(49-22(2)42)19-40(38(5,6)46)31(21)32(50-23(3)43)34-39(7)29(51-37(53-34)26-14-16-27(47-8)17-15-26)18-30-41(20-48-30,54-24(4)44)33(39)35(40)52-36(45)25-12-10-9-11-13-25/h9-17,28-30,32-35,37,46H,18-20H2,1-8H3. The normalized spacial score (nSPS) is 36.6. The lowest BCUT2D eigenvalue weighted by Gasteiger charge is -2.67. The quantitative estimate of drug-likeness (QED) is 0.223. The highest BCUT2D eigenvalue weighted by Gasteiger charge is 2.81. The van der Waals surface area contributed by atoms with Gasteiger partial charge in [0.15, 0.2) is 18.0 Å². The van der Waals surface area contributed by atoms with Crippen LogP contribution in [0.5, 0.6) is 5.75 Å². The summed E-state index contributed by atoms with van der Waals surface area (Å²) in [5.74, 6) is -2.86. The largest absolute Gasteiger partial charge is 0.497 e. The van der Waals surface area contributed by atoms with Crippen LogP contribution in [0.15, 0.2) is 65.7 Å². The first-order valence-corrected chi connectivity index (χ1v) is 18.3. The van der Waals surface area contributed by atoms with Crippen LogP contribution in [0.4, 0.5) is 0 Å². The first-order chi connectivity index (χ1) is 25.5. The molecule has 13 nitrogen and oxygen atoms in total. The third kappa shape index (κ3) is 5.73. The Kier molecular flexibility index (Phi) is 9.48. The van der Waals surface area contributed by atoms with Gasteiger partial charge in [0, 0.05) is 44.6 Å². The van der Waals surface area contributed by atoms with Crippen molar-refractivity contribution in [3.05, 3.63) is 76.9 Å². The van der Waals surface area contributed by atoms with Gasteiger partial charge in [-0.2, -0.15) is 0 Å². The van der Waals surface area contributed by atoms with Crippen molar-refractivity contribution >= 4 is 23.9 Å². The van der Waals surface area contributed by atoms with Crippen molar-refractivity contribution in [3.8, 4) is 5.75 Å². The number of ether oxygens (including phenoxy) is 8. The molecule has 54 heavy (non-hydrogen) atoms. The van der Waals surface area contributed by atoms with Gasteiger partial charge in [-0.15, -0.1) is 0 Å². The van der Waals surface area contributed by atoms with E-state index in [4.69, 9.17) is 37.9 Å². The maximum absolute atomic E-state index is 14.4. The van der Waals surface area contributed by atoms with Gasteiger partial charge < -0.3 is 43.0 Å². The molecular weight excluding hydrogens is 700 g/mol. The molecule has 2 saturated heterocycles. The zero-order valence-corrected chi connectivity index (χ0v) is 31.8. The Balaban J connectivity index is 1.55. The topological polar surface area (TPSA) is 162 Å². The summed E-state index contributed by atoms with van der Waals surface area (Å²) in [4.78, 5) is 53.5. The Hall–Kier alpha value is -4.30. The van der Waals surface area contributed by atoms with E-state index >= 15 is 0 Å². The van der Waals surface area contributed by atoms with Crippen molar-refractivity contribution < 1.29 is 62.2 Å². The van der Waals surface area contributed by atoms with Crippen molar-refractivity contribution in [1.82, 2.24) is 0 Å². The SMILES string of the molecule is COc1ccc(C2OC3CC4OCC4(OC(C)=O)C4C(OC(=O)c5ccccc5)C5(C(C)(C)O)CC(OC(C)=O)C(C)=C5C(OC(C)=O)C(O2)C34C)cc1. The van der Waals surface area contributed by atoms with Gasteiger partial charge in [-0.25, -0.2) is 4.79 Å². The number of carbonyl (C=O) groups excluding carboxylic acids is 4. The summed E-state index contributed by atoms with van der Waals surface area (Å²) >= 11 is 0. The van der Waals surface area contributed by atoms with Crippen LogP contribution in [0.25, 0.3) is 0 Å². The van der Waals surface area contributed by atoms with Crippen LogP contribution in [-0.2, 0) is 47.5 Å². The predicted octanol–water partition coefficient (Wildman–Crippen LogP) is 4.78. The molecule has 0 spiro atoms. The molecule has 0 bridgehead atoms. The molecule has 1 N–H and O–H groups in total. The molecule has 2 aromatic rings. The van der Waals surface area contributed by atoms with Crippen molar-refractivity contribution in [2.45, 2.75) is 115 Å². The number of hydrogen-bond donors (Lipinski definition) is 1.